The number of nitrogens with one attached hydrogen (secondary N) is 2. The number of amides is 2. The van der Waals surface area contributed by atoms with Crippen molar-refractivity contribution in [2.45, 2.75) is 33.6 Å². The Morgan fingerprint density at radius 3 is 2.50 bits per heavy atom. The Labute approximate surface area is 156 Å². The monoisotopic (exact) mass is 374 g/mol. The summed E-state index contributed by atoms with van der Waals surface area (Å²) in [6, 6.07) is 7.43. The molecule has 0 spiro atoms. The van der Waals surface area contributed by atoms with Crippen molar-refractivity contribution in [2.24, 2.45) is 0 Å². The second-order valence-electron chi connectivity index (χ2n) is 5.87. The van der Waals surface area contributed by atoms with E-state index in [1.807, 2.05) is 32.0 Å². The summed E-state index contributed by atoms with van der Waals surface area (Å²) in [7, 11) is 1.27. The molecule has 0 unspecified atom stereocenters. The van der Waals surface area contributed by atoms with E-state index in [2.05, 4.69) is 10.6 Å². The van der Waals surface area contributed by atoms with Gasteiger partial charge in [0.25, 0.3) is 5.91 Å². The van der Waals surface area contributed by atoms with E-state index in [-0.39, 0.29) is 17.4 Å². The summed E-state index contributed by atoms with van der Waals surface area (Å²) in [5.41, 5.74) is 2.39. The van der Waals surface area contributed by atoms with E-state index >= 15 is 0 Å². The second-order valence-corrected chi connectivity index (χ2v) is 6.89. The first kappa shape index (κ1) is 19.7. The zero-order chi connectivity index (χ0) is 19.3. The van der Waals surface area contributed by atoms with Crippen molar-refractivity contribution in [2.75, 3.05) is 17.7 Å². The molecule has 26 heavy (non-hydrogen) atoms. The van der Waals surface area contributed by atoms with Crippen LogP contribution in [0, 0.1) is 13.8 Å². The number of methoxy groups -OCH3 is 1. The first-order chi connectivity index (χ1) is 12.4. The minimum atomic E-state index is -0.583. The van der Waals surface area contributed by atoms with Gasteiger partial charge >= 0.3 is 5.97 Å². The summed E-state index contributed by atoms with van der Waals surface area (Å²) in [6.07, 6.45) is 1.02. The summed E-state index contributed by atoms with van der Waals surface area (Å²) in [6.45, 7) is 5.49. The van der Waals surface area contributed by atoms with Gasteiger partial charge in [-0.1, -0.05) is 19.1 Å². The zero-order valence-electron chi connectivity index (χ0n) is 15.3. The smallest absolute Gasteiger partial charge is 0.341 e. The number of carbonyl (C=O) groups excluding carboxylic acids is 3. The van der Waals surface area contributed by atoms with Gasteiger partial charge in [-0.25, -0.2) is 4.79 Å². The van der Waals surface area contributed by atoms with Gasteiger partial charge in [-0.3, -0.25) is 9.59 Å². The van der Waals surface area contributed by atoms with E-state index in [0.29, 0.717) is 34.0 Å². The molecule has 0 aliphatic heterocycles. The number of thiophene rings is 1. The molecule has 0 saturated heterocycles. The lowest BCUT2D eigenvalue weighted by Gasteiger charge is -2.06. The number of hydrogen-bond acceptors (Lipinski definition) is 5. The van der Waals surface area contributed by atoms with E-state index in [1.54, 1.807) is 13.0 Å². The number of anilines is 2. The normalized spacial score (nSPS) is 10.3. The largest absolute Gasteiger partial charge is 0.465 e. The fourth-order valence-electron chi connectivity index (χ4n) is 2.49. The molecule has 0 atom stereocenters. The third-order valence-corrected chi connectivity index (χ3v) is 4.95. The van der Waals surface area contributed by atoms with Crippen LogP contribution in [-0.4, -0.2) is 24.9 Å². The Bertz CT molecular complexity index is 842. The number of hydrogen-bond donors (Lipinski definition) is 2. The Morgan fingerprint density at radius 2 is 1.88 bits per heavy atom. The molecule has 7 heteroatoms. The van der Waals surface area contributed by atoms with Crippen LogP contribution in [0.15, 0.2) is 24.3 Å². The number of aryl methyl sites for hydroxylation is 1. The molecule has 0 radical (unpaired) electrons. The van der Waals surface area contributed by atoms with Crippen molar-refractivity contribution in [3.8, 4) is 0 Å². The predicted molar refractivity (Wildman–Crippen MR) is 103 cm³/mol. The average Bonchev–Trinajstić information content (AvgIpc) is 2.90. The summed E-state index contributed by atoms with van der Waals surface area (Å²) >= 11 is 1.07. The highest BCUT2D eigenvalue weighted by Crippen LogP contribution is 2.34. The van der Waals surface area contributed by atoms with Crippen LogP contribution < -0.4 is 10.6 Å². The molecule has 2 amide bonds. The van der Waals surface area contributed by atoms with Crippen molar-refractivity contribution >= 4 is 39.8 Å². The maximum atomic E-state index is 12.7. The topological polar surface area (TPSA) is 84.5 Å². The Morgan fingerprint density at radius 1 is 1.15 bits per heavy atom. The molecule has 0 fully saturated rings. The van der Waals surface area contributed by atoms with Gasteiger partial charge in [-0.05, 0) is 43.5 Å². The molecular weight excluding hydrogens is 352 g/mol. The molecule has 0 aliphatic carbocycles. The maximum absolute atomic E-state index is 12.7. The SMILES string of the molecule is CCCC(=O)Nc1sc(C(=O)Nc2cccc(C)c2)c(C)c1C(=O)OC. The van der Waals surface area contributed by atoms with Crippen LogP contribution in [0.2, 0.25) is 0 Å². The van der Waals surface area contributed by atoms with Crippen LogP contribution in [0.25, 0.3) is 0 Å². The minimum Gasteiger partial charge on any atom is -0.465 e. The number of ether oxygens (including phenoxy) is 1. The molecule has 6 nitrogen and oxygen atoms in total. The van der Waals surface area contributed by atoms with Gasteiger partial charge in [0, 0.05) is 12.1 Å². The first-order valence-corrected chi connectivity index (χ1v) is 9.08. The van der Waals surface area contributed by atoms with Gasteiger partial charge in [0.1, 0.15) is 5.00 Å². The van der Waals surface area contributed by atoms with E-state index in [9.17, 15) is 14.4 Å². The van der Waals surface area contributed by atoms with Gasteiger partial charge in [0.15, 0.2) is 0 Å². The number of rotatable bonds is 6. The van der Waals surface area contributed by atoms with E-state index < -0.39 is 5.97 Å². The fourth-order valence-corrected chi connectivity index (χ4v) is 3.60. The van der Waals surface area contributed by atoms with Crippen LogP contribution in [0.1, 0.15) is 50.9 Å². The zero-order valence-corrected chi connectivity index (χ0v) is 16.1. The third kappa shape index (κ3) is 4.49. The van der Waals surface area contributed by atoms with Crippen molar-refractivity contribution in [3.05, 3.63) is 45.8 Å². The summed E-state index contributed by atoms with van der Waals surface area (Å²) in [5, 5.41) is 5.87. The van der Waals surface area contributed by atoms with Crippen molar-refractivity contribution in [1.82, 2.24) is 0 Å². The maximum Gasteiger partial charge on any atom is 0.341 e. The van der Waals surface area contributed by atoms with Gasteiger partial charge in [0.05, 0.1) is 17.6 Å². The lowest BCUT2D eigenvalue weighted by Crippen LogP contribution is -2.14. The highest BCUT2D eigenvalue weighted by atomic mass is 32.1. The Hall–Kier alpha value is -2.67. The lowest BCUT2D eigenvalue weighted by molar-refractivity contribution is -0.116. The van der Waals surface area contributed by atoms with E-state index in [4.69, 9.17) is 4.74 Å². The van der Waals surface area contributed by atoms with Crippen LogP contribution in [0.3, 0.4) is 0 Å². The molecule has 2 rings (SSSR count). The quantitative estimate of drug-likeness (QED) is 0.744. The summed E-state index contributed by atoms with van der Waals surface area (Å²) in [5.74, 6) is -1.12. The van der Waals surface area contributed by atoms with Gasteiger partial charge in [0.2, 0.25) is 5.91 Å². The predicted octanol–water partition coefficient (Wildman–Crippen LogP) is 4.14. The van der Waals surface area contributed by atoms with Crippen molar-refractivity contribution in [1.29, 1.82) is 0 Å². The molecule has 0 saturated carbocycles. The van der Waals surface area contributed by atoms with Crippen LogP contribution in [0.5, 0.6) is 0 Å². The molecule has 138 valence electrons. The van der Waals surface area contributed by atoms with E-state index in [1.165, 1.54) is 7.11 Å². The average molecular weight is 374 g/mol. The molecule has 0 bridgehead atoms. The standard InChI is InChI=1S/C19H22N2O4S/c1-5-7-14(22)21-18-15(19(24)25-4)12(3)16(26-18)17(23)20-13-9-6-8-11(2)10-13/h6,8-10H,5,7H2,1-4H3,(H,20,23)(H,21,22). The van der Waals surface area contributed by atoms with Crippen molar-refractivity contribution in [3.63, 3.8) is 0 Å². The number of benzene rings is 1. The fraction of sp³-hybridized carbons (Fsp3) is 0.316. The van der Waals surface area contributed by atoms with Gasteiger partial charge < -0.3 is 15.4 Å². The lowest BCUT2D eigenvalue weighted by atomic mass is 10.1. The van der Waals surface area contributed by atoms with Gasteiger partial charge in [-0.15, -0.1) is 11.3 Å². The molecule has 1 heterocycles. The highest BCUT2D eigenvalue weighted by Gasteiger charge is 2.26. The van der Waals surface area contributed by atoms with Crippen molar-refractivity contribution < 1.29 is 19.1 Å². The first-order valence-electron chi connectivity index (χ1n) is 8.27. The minimum absolute atomic E-state index is 0.204. The summed E-state index contributed by atoms with van der Waals surface area (Å²) in [4.78, 5) is 37.1. The molecule has 2 N–H and O–H groups in total. The number of carbonyl (C=O) groups is 3. The molecule has 2 aromatic rings. The van der Waals surface area contributed by atoms with Crippen LogP contribution in [-0.2, 0) is 9.53 Å². The Kier molecular flexibility index (Phi) is 6.52. The Balaban J connectivity index is 2.35. The third-order valence-electron chi connectivity index (χ3n) is 3.75. The summed E-state index contributed by atoms with van der Waals surface area (Å²) < 4.78 is 4.81. The molecule has 1 aromatic carbocycles. The molecule has 1 aromatic heterocycles. The molecular formula is C19H22N2O4S. The number of esters is 1. The van der Waals surface area contributed by atoms with Crippen LogP contribution in [0.4, 0.5) is 10.7 Å². The highest BCUT2D eigenvalue weighted by molar-refractivity contribution is 7.18. The van der Waals surface area contributed by atoms with Crippen LogP contribution >= 0.6 is 11.3 Å². The van der Waals surface area contributed by atoms with Gasteiger partial charge in [-0.2, -0.15) is 0 Å². The van der Waals surface area contributed by atoms with E-state index in [0.717, 1.165) is 16.9 Å². The second kappa shape index (κ2) is 8.62. The molecule has 0 aliphatic rings.